The van der Waals surface area contributed by atoms with Crippen LogP contribution in [0.25, 0.3) is 0 Å². The van der Waals surface area contributed by atoms with Crippen LogP contribution in [0.5, 0.6) is 5.75 Å². The molecule has 0 aliphatic heterocycles. The number of halogens is 1. The molecule has 0 aliphatic carbocycles. The second kappa shape index (κ2) is 10.8. The predicted molar refractivity (Wildman–Crippen MR) is 105 cm³/mol. The highest BCUT2D eigenvalue weighted by Gasteiger charge is 1.98. The summed E-state index contributed by atoms with van der Waals surface area (Å²) in [5.74, 6) is 1.19. The number of guanidine groups is 1. The van der Waals surface area contributed by atoms with Gasteiger partial charge in [0.1, 0.15) is 12.4 Å². The van der Waals surface area contributed by atoms with E-state index in [4.69, 9.17) is 15.2 Å². The number of ether oxygens (including phenoxy) is 2. The summed E-state index contributed by atoms with van der Waals surface area (Å²) in [4.78, 5) is 4.33. The van der Waals surface area contributed by atoms with Crippen LogP contribution < -0.4 is 15.8 Å². The highest BCUT2D eigenvalue weighted by Crippen LogP contribution is 2.14. The summed E-state index contributed by atoms with van der Waals surface area (Å²) in [6.07, 6.45) is 0. The van der Waals surface area contributed by atoms with Crippen LogP contribution >= 0.6 is 24.0 Å². The minimum Gasteiger partial charge on any atom is -0.491 e. The van der Waals surface area contributed by atoms with E-state index < -0.39 is 0 Å². The lowest BCUT2D eigenvalue weighted by Crippen LogP contribution is -2.22. The molecule has 2 aromatic rings. The van der Waals surface area contributed by atoms with Crippen LogP contribution in [0.1, 0.15) is 5.56 Å². The Hall–Kier alpha value is -1.80. The topological polar surface area (TPSA) is 68.9 Å². The van der Waals surface area contributed by atoms with E-state index in [1.165, 1.54) is 0 Å². The van der Waals surface area contributed by atoms with Crippen LogP contribution in [-0.4, -0.2) is 26.3 Å². The van der Waals surface area contributed by atoms with Crippen molar-refractivity contribution in [1.82, 2.24) is 0 Å². The van der Waals surface area contributed by atoms with Crippen molar-refractivity contribution in [3.05, 3.63) is 60.2 Å². The van der Waals surface area contributed by atoms with Crippen LogP contribution in [0.15, 0.2) is 59.6 Å². The number of hydrogen-bond acceptors (Lipinski definition) is 3. The third-order valence-corrected chi connectivity index (χ3v) is 2.93. The van der Waals surface area contributed by atoms with Gasteiger partial charge in [-0.05, 0) is 29.8 Å². The minimum atomic E-state index is 0. The monoisotopic (exact) mass is 427 g/mol. The molecule has 3 N–H and O–H groups in total. The van der Waals surface area contributed by atoms with Crippen molar-refractivity contribution >= 4 is 35.6 Å². The molecule has 0 aliphatic rings. The molecular weight excluding hydrogens is 405 g/mol. The Morgan fingerprint density at radius 3 is 2.61 bits per heavy atom. The number of benzene rings is 2. The van der Waals surface area contributed by atoms with E-state index in [0.717, 1.165) is 17.0 Å². The van der Waals surface area contributed by atoms with Gasteiger partial charge in [-0.25, -0.2) is 4.99 Å². The standard InChI is InChI=1S/C17H21N3O2.HI/c1-21-10-11-22-16-9-5-6-14(12-16)13-19-17(18)20-15-7-3-2-4-8-15;/h2-9,12H,10-11,13H2,1H3,(H3,18,19,20);1H. The van der Waals surface area contributed by atoms with E-state index in [2.05, 4.69) is 10.3 Å². The number of nitrogens with one attached hydrogen (secondary N) is 1. The first-order valence-corrected chi connectivity index (χ1v) is 7.10. The minimum absolute atomic E-state index is 0. The fourth-order valence-electron chi connectivity index (χ4n) is 1.86. The van der Waals surface area contributed by atoms with Crippen molar-refractivity contribution in [3.8, 4) is 5.75 Å². The highest BCUT2D eigenvalue weighted by molar-refractivity contribution is 14.0. The lowest BCUT2D eigenvalue weighted by atomic mass is 10.2. The maximum absolute atomic E-state index is 5.88. The SMILES string of the molecule is COCCOc1cccc(CN=C(N)Nc2ccccc2)c1.I. The normalized spacial score (nSPS) is 10.7. The van der Waals surface area contributed by atoms with Crippen molar-refractivity contribution in [3.63, 3.8) is 0 Å². The highest BCUT2D eigenvalue weighted by atomic mass is 127. The van der Waals surface area contributed by atoms with Crippen molar-refractivity contribution < 1.29 is 9.47 Å². The van der Waals surface area contributed by atoms with Crippen molar-refractivity contribution in [2.75, 3.05) is 25.6 Å². The Bertz CT molecular complexity index is 606. The molecule has 5 nitrogen and oxygen atoms in total. The largest absolute Gasteiger partial charge is 0.491 e. The number of hydrogen-bond donors (Lipinski definition) is 2. The Balaban J connectivity index is 0.00000264. The van der Waals surface area contributed by atoms with E-state index in [9.17, 15) is 0 Å². The molecule has 124 valence electrons. The third kappa shape index (κ3) is 7.34. The first kappa shape index (κ1) is 19.2. The summed E-state index contributed by atoms with van der Waals surface area (Å²) in [6, 6.07) is 17.5. The molecule has 0 saturated heterocycles. The second-order valence-electron chi connectivity index (χ2n) is 4.68. The molecule has 0 amide bonds. The molecular formula is C17H22IN3O2. The molecule has 0 saturated carbocycles. The van der Waals surface area contributed by atoms with Crippen molar-refractivity contribution in [1.29, 1.82) is 0 Å². The van der Waals surface area contributed by atoms with Crippen LogP contribution in [-0.2, 0) is 11.3 Å². The van der Waals surface area contributed by atoms with Crippen LogP contribution in [0.4, 0.5) is 5.69 Å². The molecule has 0 fully saturated rings. The van der Waals surface area contributed by atoms with Gasteiger partial charge in [0.2, 0.25) is 0 Å². The molecule has 0 unspecified atom stereocenters. The van der Waals surface area contributed by atoms with Gasteiger partial charge in [-0.3, -0.25) is 0 Å². The van der Waals surface area contributed by atoms with Crippen LogP contribution in [0.2, 0.25) is 0 Å². The average Bonchev–Trinajstić information content (AvgIpc) is 2.55. The smallest absolute Gasteiger partial charge is 0.193 e. The molecule has 0 aromatic heterocycles. The van der Waals surface area contributed by atoms with E-state index in [0.29, 0.717) is 25.7 Å². The lowest BCUT2D eigenvalue weighted by molar-refractivity contribution is 0.146. The zero-order chi connectivity index (χ0) is 15.6. The van der Waals surface area contributed by atoms with Crippen LogP contribution in [0, 0.1) is 0 Å². The second-order valence-corrected chi connectivity index (χ2v) is 4.68. The Morgan fingerprint density at radius 1 is 1.09 bits per heavy atom. The quantitative estimate of drug-likeness (QED) is 0.308. The lowest BCUT2D eigenvalue weighted by Gasteiger charge is -2.07. The summed E-state index contributed by atoms with van der Waals surface area (Å²) < 4.78 is 10.5. The summed E-state index contributed by atoms with van der Waals surface area (Å²) in [7, 11) is 1.65. The fourth-order valence-corrected chi connectivity index (χ4v) is 1.86. The maximum atomic E-state index is 5.88. The molecule has 0 radical (unpaired) electrons. The molecule has 0 heterocycles. The number of para-hydroxylation sites is 1. The van der Waals surface area contributed by atoms with E-state index in [1.54, 1.807) is 7.11 Å². The van der Waals surface area contributed by atoms with Gasteiger partial charge < -0.3 is 20.5 Å². The fraction of sp³-hybridized carbons (Fsp3) is 0.235. The van der Waals surface area contributed by atoms with Gasteiger partial charge in [-0.2, -0.15) is 0 Å². The Kier molecular flexibility index (Phi) is 9.08. The van der Waals surface area contributed by atoms with Crippen LogP contribution in [0.3, 0.4) is 0 Å². The average molecular weight is 427 g/mol. The number of aliphatic imine (C=N–C) groups is 1. The molecule has 2 aromatic carbocycles. The first-order chi connectivity index (χ1) is 10.8. The summed E-state index contributed by atoms with van der Waals surface area (Å²) in [5.41, 5.74) is 7.83. The van der Waals surface area contributed by atoms with Gasteiger partial charge in [0.15, 0.2) is 5.96 Å². The molecule has 0 bridgehead atoms. The van der Waals surface area contributed by atoms with Gasteiger partial charge in [0, 0.05) is 12.8 Å². The van der Waals surface area contributed by atoms with E-state index in [-0.39, 0.29) is 24.0 Å². The summed E-state index contributed by atoms with van der Waals surface area (Å²) >= 11 is 0. The van der Waals surface area contributed by atoms with Gasteiger partial charge in [-0.1, -0.05) is 30.3 Å². The third-order valence-electron chi connectivity index (χ3n) is 2.93. The number of methoxy groups -OCH3 is 1. The Labute approximate surface area is 153 Å². The zero-order valence-corrected chi connectivity index (χ0v) is 15.4. The van der Waals surface area contributed by atoms with E-state index in [1.807, 2.05) is 54.6 Å². The van der Waals surface area contributed by atoms with Gasteiger partial charge >= 0.3 is 0 Å². The molecule has 23 heavy (non-hydrogen) atoms. The number of anilines is 1. The number of rotatable bonds is 7. The summed E-state index contributed by atoms with van der Waals surface area (Å²) in [5, 5.41) is 3.05. The Morgan fingerprint density at radius 2 is 1.87 bits per heavy atom. The number of nitrogens with zero attached hydrogens (tertiary/aromatic N) is 1. The van der Waals surface area contributed by atoms with Gasteiger partial charge in [0.25, 0.3) is 0 Å². The van der Waals surface area contributed by atoms with Gasteiger partial charge in [-0.15, -0.1) is 24.0 Å². The molecule has 0 spiro atoms. The van der Waals surface area contributed by atoms with Crippen molar-refractivity contribution in [2.24, 2.45) is 10.7 Å². The summed E-state index contributed by atoms with van der Waals surface area (Å²) in [6.45, 7) is 1.59. The first-order valence-electron chi connectivity index (χ1n) is 7.10. The van der Waals surface area contributed by atoms with Crippen molar-refractivity contribution in [2.45, 2.75) is 6.54 Å². The maximum Gasteiger partial charge on any atom is 0.193 e. The number of nitrogens with two attached hydrogens (primary N) is 1. The van der Waals surface area contributed by atoms with Gasteiger partial charge in [0.05, 0.1) is 13.2 Å². The molecule has 6 heteroatoms. The molecule has 0 atom stereocenters. The zero-order valence-electron chi connectivity index (χ0n) is 13.1. The molecule has 2 rings (SSSR count). The van der Waals surface area contributed by atoms with E-state index >= 15 is 0 Å². The predicted octanol–water partition coefficient (Wildman–Crippen LogP) is 3.26.